The smallest absolute Gasteiger partial charge is 0.0315 e. The molecule has 3 heteroatoms. The summed E-state index contributed by atoms with van der Waals surface area (Å²) < 4.78 is 0. The predicted octanol–water partition coefficient (Wildman–Crippen LogP) is 2.60. The van der Waals surface area contributed by atoms with E-state index in [1.807, 2.05) is 12.4 Å². The fraction of sp³-hybridized carbons (Fsp3) is 0.667. The van der Waals surface area contributed by atoms with Crippen molar-refractivity contribution in [2.24, 2.45) is 0 Å². The van der Waals surface area contributed by atoms with Gasteiger partial charge < -0.3 is 5.32 Å². The van der Waals surface area contributed by atoms with Gasteiger partial charge in [0.2, 0.25) is 0 Å². The number of aromatic nitrogens is 1. The van der Waals surface area contributed by atoms with Gasteiger partial charge in [0.25, 0.3) is 0 Å². The summed E-state index contributed by atoms with van der Waals surface area (Å²) in [5.74, 6) is 0. The van der Waals surface area contributed by atoms with Crippen molar-refractivity contribution < 1.29 is 0 Å². The number of hydrogen-bond acceptors (Lipinski definition) is 3. The number of pyridine rings is 1. The summed E-state index contributed by atoms with van der Waals surface area (Å²) in [7, 11) is 0. The van der Waals surface area contributed by atoms with Crippen molar-refractivity contribution in [3.63, 3.8) is 0 Å². The van der Waals surface area contributed by atoms with E-state index >= 15 is 0 Å². The molecule has 1 aromatic heterocycles. The lowest BCUT2D eigenvalue weighted by Crippen LogP contribution is -2.41. The predicted molar refractivity (Wildman–Crippen MR) is 77.7 cm³/mol. The molecule has 0 bridgehead atoms. The molecule has 0 atom stereocenters. The largest absolute Gasteiger partial charge is 0.311 e. The molecule has 0 aromatic carbocycles. The van der Waals surface area contributed by atoms with Crippen LogP contribution >= 0.6 is 0 Å². The van der Waals surface area contributed by atoms with Crippen molar-refractivity contribution in [1.29, 1.82) is 0 Å². The first-order chi connectivity index (χ1) is 8.52. The minimum Gasteiger partial charge on any atom is -0.311 e. The molecule has 0 saturated heterocycles. The van der Waals surface area contributed by atoms with Crippen LogP contribution in [0.3, 0.4) is 0 Å². The second-order valence-corrected chi connectivity index (χ2v) is 5.40. The van der Waals surface area contributed by atoms with E-state index in [9.17, 15) is 0 Å². The molecule has 0 amide bonds. The summed E-state index contributed by atoms with van der Waals surface area (Å²) in [5, 5.41) is 3.50. The molecule has 0 spiro atoms. The number of hydrogen-bond donors (Lipinski definition) is 1. The Morgan fingerprint density at radius 1 is 1.22 bits per heavy atom. The molecule has 3 nitrogen and oxygen atoms in total. The van der Waals surface area contributed by atoms with Gasteiger partial charge in [0, 0.05) is 44.1 Å². The third kappa shape index (κ3) is 4.75. The summed E-state index contributed by atoms with van der Waals surface area (Å²) in [6.07, 6.45) is 3.79. The van der Waals surface area contributed by atoms with E-state index in [0.717, 1.165) is 19.6 Å². The summed E-state index contributed by atoms with van der Waals surface area (Å²) >= 11 is 0. The molecule has 0 fully saturated rings. The SMILES string of the molecule is Cc1ccncc1CNCCN(C(C)C)C(C)C. The Bertz CT molecular complexity index is 339. The molecule has 0 aliphatic heterocycles. The van der Waals surface area contributed by atoms with Gasteiger partial charge in [0.15, 0.2) is 0 Å². The van der Waals surface area contributed by atoms with Crippen molar-refractivity contribution in [1.82, 2.24) is 15.2 Å². The minimum atomic E-state index is 0.604. The van der Waals surface area contributed by atoms with E-state index in [4.69, 9.17) is 0 Å². The highest BCUT2D eigenvalue weighted by atomic mass is 15.2. The van der Waals surface area contributed by atoms with Crippen LogP contribution in [0.4, 0.5) is 0 Å². The van der Waals surface area contributed by atoms with Gasteiger partial charge in [0.05, 0.1) is 0 Å². The van der Waals surface area contributed by atoms with Crippen LogP contribution < -0.4 is 5.32 Å². The molecule has 1 heterocycles. The Balaban J connectivity index is 2.32. The van der Waals surface area contributed by atoms with Gasteiger partial charge >= 0.3 is 0 Å². The van der Waals surface area contributed by atoms with Crippen LogP contribution in [-0.4, -0.2) is 35.1 Å². The van der Waals surface area contributed by atoms with Crippen LogP contribution in [0.15, 0.2) is 18.5 Å². The Kier molecular flexibility index (Phi) is 6.30. The highest BCUT2D eigenvalue weighted by Crippen LogP contribution is 2.05. The van der Waals surface area contributed by atoms with Gasteiger partial charge in [-0.1, -0.05) is 0 Å². The van der Waals surface area contributed by atoms with E-state index in [2.05, 4.69) is 55.9 Å². The van der Waals surface area contributed by atoms with Crippen LogP contribution in [0.5, 0.6) is 0 Å². The second-order valence-electron chi connectivity index (χ2n) is 5.40. The zero-order valence-corrected chi connectivity index (χ0v) is 12.4. The van der Waals surface area contributed by atoms with Gasteiger partial charge in [-0.2, -0.15) is 0 Å². The molecular weight excluding hydrogens is 222 g/mol. The van der Waals surface area contributed by atoms with Crippen LogP contribution in [0, 0.1) is 6.92 Å². The lowest BCUT2D eigenvalue weighted by atomic mass is 10.1. The quantitative estimate of drug-likeness (QED) is 0.753. The highest BCUT2D eigenvalue weighted by Gasteiger charge is 2.12. The zero-order valence-electron chi connectivity index (χ0n) is 12.4. The molecule has 18 heavy (non-hydrogen) atoms. The molecule has 0 radical (unpaired) electrons. The number of nitrogens with zero attached hydrogens (tertiary/aromatic N) is 2. The Morgan fingerprint density at radius 2 is 1.89 bits per heavy atom. The first-order valence-corrected chi connectivity index (χ1v) is 6.88. The van der Waals surface area contributed by atoms with E-state index in [-0.39, 0.29) is 0 Å². The second kappa shape index (κ2) is 7.49. The summed E-state index contributed by atoms with van der Waals surface area (Å²) in [5.41, 5.74) is 2.60. The minimum absolute atomic E-state index is 0.604. The van der Waals surface area contributed by atoms with Gasteiger partial charge in [-0.25, -0.2) is 0 Å². The molecule has 0 aliphatic rings. The normalized spacial score (nSPS) is 11.8. The first-order valence-electron chi connectivity index (χ1n) is 6.88. The maximum Gasteiger partial charge on any atom is 0.0315 e. The van der Waals surface area contributed by atoms with Gasteiger partial charge in [-0.15, -0.1) is 0 Å². The highest BCUT2D eigenvalue weighted by molar-refractivity contribution is 5.20. The summed E-state index contributed by atoms with van der Waals surface area (Å²) in [4.78, 5) is 6.67. The standard InChI is InChI=1S/C15H27N3/c1-12(2)18(13(3)4)9-8-17-11-15-10-16-7-6-14(15)5/h6-7,10,12-13,17H,8-9,11H2,1-5H3. The molecule has 0 aliphatic carbocycles. The molecule has 1 N–H and O–H groups in total. The summed E-state index contributed by atoms with van der Waals surface area (Å²) in [6.45, 7) is 14.2. The lowest BCUT2D eigenvalue weighted by molar-refractivity contribution is 0.176. The van der Waals surface area contributed by atoms with Gasteiger partial charge in [-0.05, 0) is 51.8 Å². The maximum atomic E-state index is 4.17. The number of nitrogens with one attached hydrogen (secondary N) is 1. The average Bonchev–Trinajstić information content (AvgIpc) is 2.30. The fourth-order valence-electron chi connectivity index (χ4n) is 2.23. The molecular formula is C15H27N3. The lowest BCUT2D eigenvalue weighted by Gasteiger charge is -2.30. The molecule has 1 rings (SSSR count). The number of aryl methyl sites for hydroxylation is 1. The fourth-order valence-corrected chi connectivity index (χ4v) is 2.23. The van der Waals surface area contributed by atoms with E-state index < -0.39 is 0 Å². The topological polar surface area (TPSA) is 28.2 Å². The molecule has 102 valence electrons. The zero-order chi connectivity index (χ0) is 13.5. The van der Waals surface area contributed by atoms with Crippen molar-refractivity contribution in [2.75, 3.05) is 13.1 Å². The molecule has 0 saturated carbocycles. The van der Waals surface area contributed by atoms with Gasteiger partial charge in [0.1, 0.15) is 0 Å². The third-order valence-corrected chi connectivity index (χ3v) is 3.34. The van der Waals surface area contributed by atoms with Crippen LogP contribution in [0.25, 0.3) is 0 Å². The van der Waals surface area contributed by atoms with E-state index in [1.54, 1.807) is 0 Å². The van der Waals surface area contributed by atoms with Crippen molar-refractivity contribution in [2.45, 2.75) is 53.2 Å². The number of rotatable bonds is 7. The van der Waals surface area contributed by atoms with Crippen LogP contribution in [0.1, 0.15) is 38.8 Å². The molecule has 1 aromatic rings. The molecule has 0 unspecified atom stereocenters. The first kappa shape index (κ1) is 15.1. The maximum absolute atomic E-state index is 4.17. The van der Waals surface area contributed by atoms with Crippen LogP contribution in [0.2, 0.25) is 0 Å². The monoisotopic (exact) mass is 249 g/mol. The van der Waals surface area contributed by atoms with Crippen molar-refractivity contribution >= 4 is 0 Å². The Hall–Kier alpha value is -0.930. The Morgan fingerprint density at radius 3 is 2.44 bits per heavy atom. The van der Waals surface area contributed by atoms with E-state index in [1.165, 1.54) is 11.1 Å². The third-order valence-electron chi connectivity index (χ3n) is 3.34. The van der Waals surface area contributed by atoms with Crippen molar-refractivity contribution in [3.8, 4) is 0 Å². The Labute approximate surface area is 112 Å². The van der Waals surface area contributed by atoms with E-state index in [0.29, 0.717) is 12.1 Å². The van der Waals surface area contributed by atoms with Crippen molar-refractivity contribution in [3.05, 3.63) is 29.6 Å². The average molecular weight is 249 g/mol. The van der Waals surface area contributed by atoms with Gasteiger partial charge in [-0.3, -0.25) is 9.88 Å². The van der Waals surface area contributed by atoms with Crippen LogP contribution in [-0.2, 0) is 6.54 Å². The summed E-state index contributed by atoms with van der Waals surface area (Å²) in [6, 6.07) is 3.27.